The summed E-state index contributed by atoms with van der Waals surface area (Å²) in [4.78, 5) is 12.5. The summed E-state index contributed by atoms with van der Waals surface area (Å²) in [6.45, 7) is 0.655. The molecule has 1 aromatic rings. The van der Waals surface area contributed by atoms with Crippen LogP contribution in [0.2, 0.25) is 0 Å². The predicted octanol–water partition coefficient (Wildman–Crippen LogP) is 5.04. The number of aromatic hydroxyl groups is 1. The maximum absolute atomic E-state index is 14.7. The minimum Gasteiger partial charge on any atom is -0.507 e. The van der Waals surface area contributed by atoms with Gasteiger partial charge in [-0.25, -0.2) is 0 Å². The Labute approximate surface area is 185 Å². The Morgan fingerprint density at radius 2 is 1.31 bits per heavy atom. The van der Waals surface area contributed by atoms with E-state index in [4.69, 9.17) is 0 Å². The van der Waals surface area contributed by atoms with Gasteiger partial charge in [-0.1, -0.05) is 12.1 Å². The van der Waals surface area contributed by atoms with Crippen LogP contribution in [0.4, 0.5) is 57.1 Å². The Morgan fingerprint density at radius 3 is 1.77 bits per heavy atom. The van der Waals surface area contributed by atoms with Gasteiger partial charge in [0.05, 0.1) is 5.56 Å². The summed E-state index contributed by atoms with van der Waals surface area (Å²) < 4.78 is 175. The van der Waals surface area contributed by atoms with Gasteiger partial charge in [-0.2, -0.15) is 67.2 Å². The van der Waals surface area contributed by atoms with Gasteiger partial charge in [0.15, 0.2) is 0 Å². The molecule has 0 aliphatic carbocycles. The van der Waals surface area contributed by atoms with E-state index in [1.54, 1.807) is 0 Å². The number of alkyl halides is 13. The van der Waals surface area contributed by atoms with Gasteiger partial charge in [0.25, 0.3) is 5.91 Å². The van der Waals surface area contributed by atoms with Crippen LogP contribution in [0.25, 0.3) is 0 Å². The molecule has 5 nitrogen and oxygen atoms in total. The van der Waals surface area contributed by atoms with Crippen molar-refractivity contribution in [3.8, 4) is 5.75 Å². The molecule has 1 atom stereocenters. The van der Waals surface area contributed by atoms with Crippen molar-refractivity contribution >= 4 is 11.6 Å². The van der Waals surface area contributed by atoms with Gasteiger partial charge in [0, 0.05) is 12.1 Å². The van der Waals surface area contributed by atoms with Crippen LogP contribution in [-0.4, -0.2) is 68.4 Å². The molecule has 1 heterocycles. The molecule has 198 valence electrons. The van der Waals surface area contributed by atoms with Crippen molar-refractivity contribution in [2.75, 3.05) is 0 Å². The molecular weight excluding hydrogens is 527 g/mol. The first-order valence-electron chi connectivity index (χ1n) is 8.76. The summed E-state index contributed by atoms with van der Waals surface area (Å²) >= 11 is 0. The third-order valence-corrected chi connectivity index (χ3v) is 4.89. The van der Waals surface area contributed by atoms with Crippen molar-refractivity contribution in [2.45, 2.75) is 54.9 Å². The number of phenolic OH excluding ortho intramolecular Hbond substituents is 1. The fourth-order valence-corrected chi connectivity index (χ4v) is 2.97. The van der Waals surface area contributed by atoms with E-state index in [-0.39, 0.29) is 0 Å². The third kappa shape index (κ3) is 3.67. The quantitative estimate of drug-likeness (QED) is 0.499. The number of hydrogen-bond donors (Lipinski definition) is 2. The maximum Gasteiger partial charge on any atom is 0.460 e. The molecule has 1 aromatic carbocycles. The largest absolute Gasteiger partial charge is 0.507 e. The van der Waals surface area contributed by atoms with Gasteiger partial charge in [0.1, 0.15) is 5.75 Å². The molecule has 0 radical (unpaired) electrons. The highest BCUT2D eigenvalue weighted by Gasteiger charge is 2.93. The molecule has 2 rings (SSSR count). The third-order valence-electron chi connectivity index (χ3n) is 4.89. The average molecular weight is 538 g/mol. The first-order valence-corrected chi connectivity index (χ1v) is 8.76. The fourth-order valence-electron chi connectivity index (χ4n) is 2.97. The maximum atomic E-state index is 14.7. The van der Waals surface area contributed by atoms with Crippen LogP contribution < -0.4 is 0 Å². The SMILES string of the molecule is CC1=NN(C(=O)c2ccccc2O)C(O)(C(F)(F)C(F)(F)C(F)(F)C(F)(F)C(F)(F)C(F)(F)F)C1. The lowest BCUT2D eigenvalue weighted by Crippen LogP contribution is -2.75. The predicted molar refractivity (Wildman–Crippen MR) is 87.7 cm³/mol. The van der Waals surface area contributed by atoms with Crippen LogP contribution in [0, 0.1) is 0 Å². The zero-order chi connectivity index (χ0) is 27.6. The smallest absolute Gasteiger partial charge is 0.460 e. The molecule has 18 heteroatoms. The highest BCUT2D eigenvalue weighted by molar-refractivity contribution is 5.99. The van der Waals surface area contributed by atoms with Crippen molar-refractivity contribution in [3.63, 3.8) is 0 Å². The number of nitrogens with zero attached hydrogens (tertiary/aromatic N) is 2. The lowest BCUT2D eigenvalue weighted by atomic mass is 9.86. The van der Waals surface area contributed by atoms with Crippen LogP contribution in [0.3, 0.4) is 0 Å². The molecule has 0 saturated carbocycles. The summed E-state index contributed by atoms with van der Waals surface area (Å²) in [7, 11) is 0. The highest BCUT2D eigenvalue weighted by atomic mass is 19.4. The van der Waals surface area contributed by atoms with E-state index in [0.29, 0.717) is 13.0 Å². The number of carbonyl (C=O) groups is 1. The molecule has 0 spiro atoms. The van der Waals surface area contributed by atoms with Crippen molar-refractivity contribution in [1.29, 1.82) is 0 Å². The van der Waals surface area contributed by atoms with Gasteiger partial charge < -0.3 is 10.2 Å². The number of amides is 1. The van der Waals surface area contributed by atoms with E-state index in [0.717, 1.165) is 18.2 Å². The molecule has 1 aliphatic rings. The van der Waals surface area contributed by atoms with E-state index < -0.39 is 75.9 Å². The number of carbonyl (C=O) groups excluding carboxylic acids is 1. The zero-order valence-corrected chi connectivity index (χ0v) is 16.6. The van der Waals surface area contributed by atoms with Crippen molar-refractivity contribution < 1.29 is 72.1 Å². The van der Waals surface area contributed by atoms with Crippen molar-refractivity contribution in [1.82, 2.24) is 5.01 Å². The van der Waals surface area contributed by atoms with Crippen LogP contribution in [0.5, 0.6) is 5.75 Å². The van der Waals surface area contributed by atoms with Crippen LogP contribution >= 0.6 is 0 Å². The van der Waals surface area contributed by atoms with Crippen molar-refractivity contribution in [3.05, 3.63) is 29.8 Å². The lowest BCUT2D eigenvalue weighted by molar-refractivity contribution is -0.453. The number of halogens is 13. The Kier molecular flexibility index (Phi) is 6.39. The van der Waals surface area contributed by atoms with E-state index in [2.05, 4.69) is 5.10 Å². The van der Waals surface area contributed by atoms with Crippen LogP contribution in [-0.2, 0) is 0 Å². The summed E-state index contributed by atoms with van der Waals surface area (Å²) in [5.41, 5.74) is -6.93. The monoisotopic (exact) mass is 538 g/mol. The number of hydrazone groups is 1. The Bertz CT molecular complexity index is 1040. The molecule has 1 aliphatic heterocycles. The number of aliphatic hydroxyl groups is 1. The molecule has 0 bridgehead atoms. The average Bonchev–Trinajstić information content (AvgIpc) is 3.02. The van der Waals surface area contributed by atoms with Gasteiger partial charge >= 0.3 is 35.8 Å². The minimum absolute atomic E-state index is 0.643. The molecule has 35 heavy (non-hydrogen) atoms. The summed E-state index contributed by atoms with van der Waals surface area (Å²) in [6.07, 6.45) is -9.56. The summed E-state index contributed by atoms with van der Waals surface area (Å²) in [6, 6.07) is 3.39. The zero-order valence-electron chi connectivity index (χ0n) is 16.6. The lowest BCUT2D eigenvalue weighted by Gasteiger charge is -2.45. The molecular formula is C17H11F13N2O3. The first-order chi connectivity index (χ1) is 15.4. The fraction of sp³-hybridized carbons (Fsp3) is 0.529. The summed E-state index contributed by atoms with van der Waals surface area (Å²) in [5.74, 6) is -42.3. The number of benzene rings is 1. The second kappa shape index (κ2) is 7.86. The number of para-hydroxylation sites is 1. The molecule has 0 fully saturated rings. The minimum atomic E-state index is -8.18. The van der Waals surface area contributed by atoms with E-state index in [1.165, 1.54) is 0 Å². The summed E-state index contributed by atoms with van der Waals surface area (Å²) in [5, 5.41) is 21.7. The van der Waals surface area contributed by atoms with Crippen molar-refractivity contribution in [2.24, 2.45) is 5.10 Å². The van der Waals surface area contributed by atoms with E-state index in [1.807, 2.05) is 0 Å². The Hall–Kier alpha value is -2.79. The van der Waals surface area contributed by atoms with E-state index in [9.17, 15) is 72.1 Å². The van der Waals surface area contributed by atoms with Gasteiger partial charge in [-0.05, 0) is 19.1 Å². The van der Waals surface area contributed by atoms with Gasteiger partial charge in [0.2, 0.25) is 5.72 Å². The first kappa shape index (κ1) is 28.4. The standard InChI is InChI=1S/C17H11F13N2O3/c1-7-6-11(35,32(31-7)10(34)8-4-2-3-5-9(8)33)12(18,19)13(20,21)14(22,23)15(24,25)16(26,27)17(28,29)30/h2-5,33,35H,6H2,1H3. The highest BCUT2D eigenvalue weighted by Crippen LogP contribution is 2.62. The number of rotatable bonds is 6. The molecule has 0 aromatic heterocycles. The number of hydrogen-bond acceptors (Lipinski definition) is 4. The van der Waals surface area contributed by atoms with Gasteiger partial charge in [-0.3, -0.25) is 4.79 Å². The van der Waals surface area contributed by atoms with E-state index >= 15 is 0 Å². The Morgan fingerprint density at radius 1 is 0.857 bits per heavy atom. The second-order valence-corrected chi connectivity index (χ2v) is 7.33. The van der Waals surface area contributed by atoms with Crippen LogP contribution in [0.15, 0.2) is 29.4 Å². The second-order valence-electron chi connectivity index (χ2n) is 7.33. The Balaban J connectivity index is 2.67. The molecule has 0 saturated heterocycles. The van der Waals surface area contributed by atoms with Crippen LogP contribution in [0.1, 0.15) is 23.7 Å². The topological polar surface area (TPSA) is 73.1 Å². The normalized spacial score (nSPS) is 20.8. The van der Waals surface area contributed by atoms with Gasteiger partial charge in [-0.15, -0.1) is 0 Å². The molecule has 1 unspecified atom stereocenters. The molecule has 1 amide bonds. The molecule has 2 N–H and O–H groups in total. The number of phenols is 1.